The van der Waals surface area contributed by atoms with Gasteiger partial charge in [-0.25, -0.2) is 0 Å². The molecule has 1 aliphatic rings. The van der Waals surface area contributed by atoms with E-state index in [-0.39, 0.29) is 0 Å². The molecule has 1 N–H and O–H groups in total. The summed E-state index contributed by atoms with van der Waals surface area (Å²) in [6.07, 6.45) is 4.00. The highest BCUT2D eigenvalue weighted by molar-refractivity contribution is 5.27. The number of nitrogens with one attached hydrogen (secondary N) is 1. The van der Waals surface area contributed by atoms with E-state index >= 15 is 0 Å². The van der Waals surface area contributed by atoms with E-state index < -0.39 is 0 Å². The minimum absolute atomic E-state index is 0.796. The molecule has 1 aliphatic heterocycles. The number of nitrogens with zero attached hydrogens (tertiary/aromatic N) is 1. The van der Waals surface area contributed by atoms with Crippen molar-refractivity contribution >= 4 is 0 Å². The summed E-state index contributed by atoms with van der Waals surface area (Å²) in [4.78, 5) is 2.53. The summed E-state index contributed by atoms with van der Waals surface area (Å²) >= 11 is 0. The van der Waals surface area contributed by atoms with Gasteiger partial charge in [0.05, 0.1) is 0 Å². The predicted molar refractivity (Wildman–Crippen MR) is 84.4 cm³/mol. The van der Waals surface area contributed by atoms with E-state index in [0.717, 1.165) is 31.4 Å². The molecule has 0 spiro atoms. The summed E-state index contributed by atoms with van der Waals surface area (Å²) in [5, 5.41) is 3.25. The molecule has 0 aromatic heterocycles. The second-order valence-corrected chi connectivity index (χ2v) is 5.84. The highest BCUT2D eigenvalue weighted by Crippen LogP contribution is 2.20. The van der Waals surface area contributed by atoms with E-state index in [4.69, 9.17) is 4.74 Å². The highest BCUT2D eigenvalue weighted by atomic mass is 16.5. The molecule has 3 nitrogen and oxygen atoms in total. The van der Waals surface area contributed by atoms with Crippen LogP contribution in [0.15, 0.2) is 24.3 Å². The molecule has 0 saturated carbocycles. The molecule has 3 heteroatoms. The molecule has 0 bridgehead atoms. The minimum Gasteiger partial charge on any atom is -0.492 e. The summed E-state index contributed by atoms with van der Waals surface area (Å²) in [5.41, 5.74) is 1.26. The normalized spacial score (nSPS) is 17.3. The van der Waals surface area contributed by atoms with Gasteiger partial charge in [-0.2, -0.15) is 0 Å². The van der Waals surface area contributed by atoms with Gasteiger partial charge in [-0.15, -0.1) is 0 Å². The molecule has 2 rings (SSSR count). The molecule has 1 aromatic rings. The highest BCUT2D eigenvalue weighted by Gasteiger charge is 2.18. The fourth-order valence-electron chi connectivity index (χ4n) is 2.84. The Morgan fingerprint density at radius 1 is 1.30 bits per heavy atom. The Labute approximate surface area is 123 Å². The number of hydrogen-bond acceptors (Lipinski definition) is 3. The van der Waals surface area contributed by atoms with Crippen molar-refractivity contribution < 1.29 is 4.74 Å². The largest absolute Gasteiger partial charge is 0.492 e. The zero-order chi connectivity index (χ0) is 14.2. The molecule has 20 heavy (non-hydrogen) atoms. The minimum atomic E-state index is 0.796. The predicted octanol–water partition coefficient (Wildman–Crippen LogP) is 2.70. The van der Waals surface area contributed by atoms with E-state index in [9.17, 15) is 0 Å². The van der Waals surface area contributed by atoms with Crippen LogP contribution >= 0.6 is 0 Å². The van der Waals surface area contributed by atoms with Crippen molar-refractivity contribution in [2.75, 3.05) is 39.8 Å². The lowest BCUT2D eigenvalue weighted by Gasteiger charge is -2.31. The molecule has 0 aliphatic carbocycles. The third kappa shape index (κ3) is 5.14. The average molecular weight is 276 g/mol. The molecule has 0 unspecified atom stereocenters. The molecule has 1 fully saturated rings. The Bertz CT molecular complexity index is 386. The molecule has 1 aromatic carbocycles. The first-order valence-electron chi connectivity index (χ1n) is 7.84. The van der Waals surface area contributed by atoms with Gasteiger partial charge in [0.15, 0.2) is 0 Å². The maximum absolute atomic E-state index is 5.83. The van der Waals surface area contributed by atoms with Gasteiger partial charge in [0.2, 0.25) is 0 Å². The summed E-state index contributed by atoms with van der Waals surface area (Å²) in [6.45, 7) is 7.55. The monoisotopic (exact) mass is 276 g/mol. The Morgan fingerprint density at radius 3 is 2.80 bits per heavy atom. The average Bonchev–Trinajstić information content (AvgIpc) is 2.46. The van der Waals surface area contributed by atoms with E-state index in [1.807, 2.05) is 13.1 Å². The Kier molecular flexibility index (Phi) is 6.34. The third-order valence-electron chi connectivity index (χ3n) is 4.18. The maximum atomic E-state index is 5.83. The third-order valence-corrected chi connectivity index (χ3v) is 4.18. The topological polar surface area (TPSA) is 24.5 Å². The van der Waals surface area contributed by atoms with Crippen molar-refractivity contribution in [2.45, 2.75) is 26.2 Å². The van der Waals surface area contributed by atoms with Gasteiger partial charge in [-0.1, -0.05) is 12.1 Å². The van der Waals surface area contributed by atoms with Crippen molar-refractivity contribution in [1.82, 2.24) is 10.2 Å². The van der Waals surface area contributed by atoms with Gasteiger partial charge in [-0.05, 0) is 76.5 Å². The first-order valence-corrected chi connectivity index (χ1v) is 7.84. The second-order valence-electron chi connectivity index (χ2n) is 5.84. The smallest absolute Gasteiger partial charge is 0.119 e. The summed E-state index contributed by atoms with van der Waals surface area (Å²) < 4.78 is 5.83. The quantitative estimate of drug-likeness (QED) is 0.828. The van der Waals surface area contributed by atoms with Crippen LogP contribution in [0, 0.1) is 12.8 Å². The van der Waals surface area contributed by atoms with E-state index in [1.165, 1.54) is 37.9 Å². The fraction of sp³-hybridized carbons (Fsp3) is 0.647. The number of rotatable bonds is 7. The number of aryl methyl sites for hydroxylation is 1. The zero-order valence-electron chi connectivity index (χ0n) is 12.9. The fourth-order valence-corrected chi connectivity index (χ4v) is 2.84. The number of piperidine rings is 1. The van der Waals surface area contributed by atoms with Crippen LogP contribution in [0.3, 0.4) is 0 Å². The van der Waals surface area contributed by atoms with Crippen LogP contribution in [0.5, 0.6) is 5.75 Å². The van der Waals surface area contributed by atoms with Crippen LogP contribution in [0.1, 0.15) is 24.8 Å². The van der Waals surface area contributed by atoms with Gasteiger partial charge < -0.3 is 10.1 Å². The molecule has 1 heterocycles. The maximum Gasteiger partial charge on any atom is 0.119 e. The van der Waals surface area contributed by atoms with Crippen molar-refractivity contribution in [2.24, 2.45) is 5.92 Å². The van der Waals surface area contributed by atoms with Crippen molar-refractivity contribution in [3.05, 3.63) is 29.8 Å². The number of ether oxygens (including phenoxy) is 1. The van der Waals surface area contributed by atoms with Gasteiger partial charge >= 0.3 is 0 Å². The van der Waals surface area contributed by atoms with Gasteiger partial charge in [0, 0.05) is 6.54 Å². The van der Waals surface area contributed by atoms with E-state index in [1.54, 1.807) is 0 Å². The standard InChI is InChI=1S/C17H28N2O/c1-15-4-3-5-17(14-15)20-13-12-19-10-7-16(8-11-19)6-9-18-2/h3-5,14,16,18H,6-13H2,1-2H3. The van der Waals surface area contributed by atoms with Crippen LogP contribution in [0.4, 0.5) is 0 Å². The summed E-state index contributed by atoms with van der Waals surface area (Å²) in [5.74, 6) is 1.91. The molecule has 112 valence electrons. The van der Waals surface area contributed by atoms with Crippen LogP contribution in [-0.2, 0) is 0 Å². The Balaban J connectivity index is 1.61. The molecule has 0 atom stereocenters. The van der Waals surface area contributed by atoms with Gasteiger partial charge in [-0.3, -0.25) is 4.90 Å². The van der Waals surface area contributed by atoms with Crippen LogP contribution in [-0.4, -0.2) is 44.7 Å². The Hall–Kier alpha value is -1.06. The van der Waals surface area contributed by atoms with E-state index in [2.05, 4.69) is 35.3 Å². The number of likely N-dealkylation sites (tertiary alicyclic amines) is 1. The first kappa shape index (κ1) is 15.3. The van der Waals surface area contributed by atoms with E-state index in [0.29, 0.717) is 0 Å². The van der Waals surface area contributed by atoms with Crippen molar-refractivity contribution in [1.29, 1.82) is 0 Å². The second kappa shape index (κ2) is 8.28. The summed E-state index contributed by atoms with van der Waals surface area (Å²) in [7, 11) is 2.04. The lowest BCUT2D eigenvalue weighted by atomic mass is 9.93. The lowest BCUT2D eigenvalue weighted by molar-refractivity contribution is 0.151. The van der Waals surface area contributed by atoms with Crippen LogP contribution < -0.4 is 10.1 Å². The first-order chi connectivity index (χ1) is 9.78. The molecular weight excluding hydrogens is 248 g/mol. The molecule has 1 saturated heterocycles. The number of benzene rings is 1. The SMILES string of the molecule is CNCCC1CCN(CCOc2cccc(C)c2)CC1. The lowest BCUT2D eigenvalue weighted by Crippen LogP contribution is -2.37. The van der Waals surface area contributed by atoms with Gasteiger partial charge in [0.25, 0.3) is 0 Å². The number of hydrogen-bond donors (Lipinski definition) is 1. The summed E-state index contributed by atoms with van der Waals surface area (Å²) in [6, 6.07) is 8.29. The molecule has 0 amide bonds. The van der Waals surface area contributed by atoms with Crippen molar-refractivity contribution in [3.63, 3.8) is 0 Å². The molecule has 0 radical (unpaired) electrons. The Morgan fingerprint density at radius 2 is 2.10 bits per heavy atom. The van der Waals surface area contributed by atoms with Gasteiger partial charge in [0.1, 0.15) is 12.4 Å². The van der Waals surface area contributed by atoms with Crippen LogP contribution in [0.25, 0.3) is 0 Å². The molecular formula is C17H28N2O. The van der Waals surface area contributed by atoms with Crippen molar-refractivity contribution in [3.8, 4) is 5.75 Å². The zero-order valence-corrected chi connectivity index (χ0v) is 12.9. The van der Waals surface area contributed by atoms with Crippen LogP contribution in [0.2, 0.25) is 0 Å².